The Morgan fingerprint density at radius 1 is 1.33 bits per heavy atom. The van der Waals surface area contributed by atoms with Crippen molar-refractivity contribution in [2.75, 3.05) is 39.3 Å². The summed E-state index contributed by atoms with van der Waals surface area (Å²) in [6.07, 6.45) is -0.315. The van der Waals surface area contributed by atoms with Gasteiger partial charge in [0.15, 0.2) is 0 Å². The molecule has 0 aromatic heterocycles. The van der Waals surface area contributed by atoms with Gasteiger partial charge in [0.05, 0.1) is 13.0 Å². The molecule has 1 saturated heterocycles. The van der Waals surface area contributed by atoms with Crippen molar-refractivity contribution >= 4 is 12.1 Å². The van der Waals surface area contributed by atoms with Gasteiger partial charge in [-0.3, -0.25) is 9.69 Å². The second-order valence-electron chi connectivity index (χ2n) is 4.34. The van der Waals surface area contributed by atoms with Gasteiger partial charge in [0.25, 0.3) is 0 Å². The van der Waals surface area contributed by atoms with Crippen LogP contribution in [0.5, 0.6) is 0 Å². The molecular formula is C11H21N3O4. The van der Waals surface area contributed by atoms with Gasteiger partial charge in [0.1, 0.15) is 0 Å². The van der Waals surface area contributed by atoms with Crippen molar-refractivity contribution in [2.24, 2.45) is 5.73 Å². The highest BCUT2D eigenvalue weighted by molar-refractivity contribution is 5.68. The van der Waals surface area contributed by atoms with Gasteiger partial charge in [0, 0.05) is 38.8 Å². The summed E-state index contributed by atoms with van der Waals surface area (Å²) in [6.45, 7) is 5.29. The van der Waals surface area contributed by atoms with E-state index in [4.69, 9.17) is 15.6 Å². The SMILES string of the molecule is CCOC(=O)N1CCN(CC(N)CC(=O)O)CC1. The number of nitrogens with two attached hydrogens (primary N) is 1. The third kappa shape index (κ3) is 4.89. The Bertz CT molecular complexity index is 290. The summed E-state index contributed by atoms with van der Waals surface area (Å²) in [6, 6.07) is -0.364. The second-order valence-corrected chi connectivity index (χ2v) is 4.34. The van der Waals surface area contributed by atoms with Gasteiger partial charge < -0.3 is 20.5 Å². The minimum atomic E-state index is -0.882. The molecule has 7 heteroatoms. The molecule has 1 amide bonds. The second kappa shape index (κ2) is 7.17. The van der Waals surface area contributed by atoms with Crippen molar-refractivity contribution in [2.45, 2.75) is 19.4 Å². The molecule has 1 atom stereocenters. The van der Waals surface area contributed by atoms with Crippen LogP contribution in [0.25, 0.3) is 0 Å². The predicted octanol–water partition coefficient (Wildman–Crippen LogP) is -0.437. The molecule has 0 saturated carbocycles. The molecule has 0 radical (unpaired) electrons. The Hall–Kier alpha value is -1.34. The zero-order valence-corrected chi connectivity index (χ0v) is 10.7. The predicted molar refractivity (Wildman–Crippen MR) is 65.3 cm³/mol. The van der Waals surface area contributed by atoms with Gasteiger partial charge in [-0.05, 0) is 6.92 Å². The van der Waals surface area contributed by atoms with Crippen molar-refractivity contribution in [1.29, 1.82) is 0 Å². The van der Waals surface area contributed by atoms with Crippen LogP contribution in [0.2, 0.25) is 0 Å². The van der Waals surface area contributed by atoms with Crippen LogP contribution in [-0.4, -0.2) is 72.3 Å². The average Bonchev–Trinajstić information content (AvgIpc) is 2.29. The van der Waals surface area contributed by atoms with E-state index in [0.29, 0.717) is 39.3 Å². The van der Waals surface area contributed by atoms with Crippen molar-refractivity contribution in [3.63, 3.8) is 0 Å². The summed E-state index contributed by atoms with van der Waals surface area (Å²) in [4.78, 5) is 25.7. The number of carbonyl (C=O) groups excluding carboxylic acids is 1. The Balaban J connectivity index is 2.26. The first kappa shape index (κ1) is 14.7. The number of piperazine rings is 1. The van der Waals surface area contributed by atoms with Crippen molar-refractivity contribution in [3.05, 3.63) is 0 Å². The fourth-order valence-corrected chi connectivity index (χ4v) is 1.95. The molecule has 1 unspecified atom stereocenters. The molecule has 7 nitrogen and oxygen atoms in total. The third-order valence-electron chi connectivity index (χ3n) is 2.83. The number of hydrogen-bond acceptors (Lipinski definition) is 5. The van der Waals surface area contributed by atoms with Crippen LogP contribution in [-0.2, 0) is 9.53 Å². The minimum absolute atomic E-state index is 0.0297. The number of hydrogen-bond donors (Lipinski definition) is 2. The zero-order valence-electron chi connectivity index (χ0n) is 10.7. The molecule has 0 aromatic rings. The molecule has 0 bridgehead atoms. The highest BCUT2D eigenvalue weighted by Crippen LogP contribution is 2.05. The Morgan fingerprint density at radius 2 is 1.94 bits per heavy atom. The molecule has 0 aliphatic carbocycles. The minimum Gasteiger partial charge on any atom is -0.481 e. The van der Waals surface area contributed by atoms with Crippen LogP contribution in [0.3, 0.4) is 0 Å². The molecule has 3 N–H and O–H groups in total. The fourth-order valence-electron chi connectivity index (χ4n) is 1.95. The van der Waals surface area contributed by atoms with E-state index in [1.165, 1.54) is 0 Å². The lowest BCUT2D eigenvalue weighted by molar-refractivity contribution is -0.137. The summed E-state index contributed by atoms with van der Waals surface area (Å²) >= 11 is 0. The highest BCUT2D eigenvalue weighted by Gasteiger charge is 2.23. The summed E-state index contributed by atoms with van der Waals surface area (Å²) < 4.78 is 4.92. The number of carboxylic acid groups (broad SMARTS) is 1. The Labute approximate surface area is 106 Å². The summed E-state index contributed by atoms with van der Waals surface area (Å²) in [5.41, 5.74) is 5.72. The molecule has 1 rings (SSSR count). The quantitative estimate of drug-likeness (QED) is 0.695. The zero-order chi connectivity index (χ0) is 13.5. The smallest absolute Gasteiger partial charge is 0.409 e. The van der Waals surface area contributed by atoms with E-state index in [0.717, 1.165) is 0 Å². The maximum Gasteiger partial charge on any atom is 0.409 e. The van der Waals surface area contributed by atoms with E-state index >= 15 is 0 Å². The Kier molecular flexibility index (Phi) is 5.87. The standard InChI is InChI=1S/C11H21N3O4/c1-2-18-11(17)14-5-3-13(4-6-14)8-9(12)7-10(15)16/h9H,2-8,12H2,1H3,(H,15,16). The molecule has 0 aromatic carbocycles. The maximum atomic E-state index is 11.5. The van der Waals surface area contributed by atoms with Crippen molar-refractivity contribution in [1.82, 2.24) is 9.80 Å². The summed E-state index contributed by atoms with van der Waals surface area (Å²) in [7, 11) is 0. The van der Waals surface area contributed by atoms with Gasteiger partial charge in [-0.1, -0.05) is 0 Å². The maximum absolute atomic E-state index is 11.5. The van der Waals surface area contributed by atoms with E-state index in [2.05, 4.69) is 4.90 Å². The van der Waals surface area contributed by atoms with Crippen LogP contribution in [0.4, 0.5) is 4.79 Å². The summed E-state index contributed by atoms with van der Waals surface area (Å²) in [5.74, 6) is -0.882. The lowest BCUT2D eigenvalue weighted by Gasteiger charge is -2.35. The van der Waals surface area contributed by atoms with Gasteiger partial charge in [-0.15, -0.1) is 0 Å². The molecule has 1 aliphatic rings. The first-order chi connectivity index (χ1) is 8.52. The van der Waals surface area contributed by atoms with Crippen LogP contribution in [0.15, 0.2) is 0 Å². The molecular weight excluding hydrogens is 238 g/mol. The number of ether oxygens (including phenoxy) is 1. The van der Waals surface area contributed by atoms with Crippen molar-refractivity contribution < 1.29 is 19.4 Å². The number of aliphatic carboxylic acids is 1. The molecule has 18 heavy (non-hydrogen) atoms. The first-order valence-corrected chi connectivity index (χ1v) is 6.14. The fraction of sp³-hybridized carbons (Fsp3) is 0.818. The first-order valence-electron chi connectivity index (χ1n) is 6.14. The normalized spacial score (nSPS) is 18.4. The average molecular weight is 259 g/mol. The van der Waals surface area contributed by atoms with E-state index in [1.54, 1.807) is 11.8 Å². The number of nitrogens with zero attached hydrogens (tertiary/aromatic N) is 2. The number of amides is 1. The lowest BCUT2D eigenvalue weighted by atomic mass is 10.2. The third-order valence-corrected chi connectivity index (χ3v) is 2.83. The molecule has 104 valence electrons. The monoisotopic (exact) mass is 259 g/mol. The molecule has 1 aliphatic heterocycles. The highest BCUT2D eigenvalue weighted by atomic mass is 16.6. The van der Waals surface area contributed by atoms with Crippen LogP contribution < -0.4 is 5.73 Å². The molecule has 1 fully saturated rings. The van der Waals surface area contributed by atoms with E-state index < -0.39 is 5.97 Å². The van der Waals surface area contributed by atoms with Crippen LogP contribution >= 0.6 is 0 Å². The largest absolute Gasteiger partial charge is 0.481 e. The van der Waals surface area contributed by atoms with E-state index in [9.17, 15) is 9.59 Å². The number of rotatable bonds is 5. The molecule has 0 spiro atoms. The van der Waals surface area contributed by atoms with Crippen molar-refractivity contribution in [3.8, 4) is 0 Å². The van der Waals surface area contributed by atoms with E-state index in [1.807, 2.05) is 0 Å². The number of carbonyl (C=O) groups is 2. The molecule has 1 heterocycles. The van der Waals surface area contributed by atoms with Gasteiger partial charge in [0.2, 0.25) is 0 Å². The van der Waals surface area contributed by atoms with Gasteiger partial charge >= 0.3 is 12.1 Å². The summed E-state index contributed by atoms with van der Waals surface area (Å²) in [5, 5.41) is 8.62. The van der Waals surface area contributed by atoms with Crippen LogP contribution in [0.1, 0.15) is 13.3 Å². The van der Waals surface area contributed by atoms with Gasteiger partial charge in [-0.25, -0.2) is 4.79 Å². The van der Waals surface area contributed by atoms with Gasteiger partial charge in [-0.2, -0.15) is 0 Å². The number of carboxylic acids is 1. The van der Waals surface area contributed by atoms with Crippen LogP contribution in [0, 0.1) is 0 Å². The topological polar surface area (TPSA) is 96.1 Å². The van der Waals surface area contributed by atoms with E-state index in [-0.39, 0.29) is 18.6 Å². The lowest BCUT2D eigenvalue weighted by Crippen LogP contribution is -2.51. The Morgan fingerprint density at radius 3 is 2.44 bits per heavy atom.